The third kappa shape index (κ3) is 5.95. The Morgan fingerprint density at radius 2 is 1.75 bits per heavy atom. The second kappa shape index (κ2) is 9.60. The minimum Gasteiger partial charge on any atom is -0.494 e. The van der Waals surface area contributed by atoms with Crippen molar-refractivity contribution in [2.24, 2.45) is 0 Å². The number of benzene rings is 2. The van der Waals surface area contributed by atoms with Crippen molar-refractivity contribution in [1.82, 2.24) is 5.32 Å². The van der Waals surface area contributed by atoms with Crippen molar-refractivity contribution >= 4 is 5.91 Å². The number of hydrogen-bond acceptors (Lipinski definition) is 3. The summed E-state index contributed by atoms with van der Waals surface area (Å²) in [6, 6.07) is 17.5. The van der Waals surface area contributed by atoms with Gasteiger partial charge in [-0.2, -0.15) is 0 Å². The van der Waals surface area contributed by atoms with E-state index in [4.69, 9.17) is 9.47 Å². The third-order valence-electron chi connectivity index (χ3n) is 3.60. The number of carbonyl (C=O) groups is 1. The molecular weight excluding hydrogens is 302 g/mol. The number of amides is 1. The molecule has 1 unspecified atom stereocenters. The van der Waals surface area contributed by atoms with Crippen molar-refractivity contribution in [2.75, 3.05) is 13.2 Å². The Hall–Kier alpha value is -2.49. The third-order valence-corrected chi connectivity index (χ3v) is 3.60. The van der Waals surface area contributed by atoms with Crippen LogP contribution in [0.1, 0.15) is 25.8 Å². The number of rotatable bonds is 9. The summed E-state index contributed by atoms with van der Waals surface area (Å²) in [5.74, 6) is 1.50. The van der Waals surface area contributed by atoms with E-state index >= 15 is 0 Å². The molecule has 24 heavy (non-hydrogen) atoms. The van der Waals surface area contributed by atoms with Gasteiger partial charge in [0.15, 0.2) is 6.10 Å². The van der Waals surface area contributed by atoms with E-state index in [1.54, 1.807) is 6.92 Å². The number of carbonyl (C=O) groups excluding carboxylic acids is 1. The molecule has 0 aliphatic heterocycles. The van der Waals surface area contributed by atoms with Crippen molar-refractivity contribution in [3.63, 3.8) is 0 Å². The van der Waals surface area contributed by atoms with Gasteiger partial charge in [0.2, 0.25) is 0 Å². The highest BCUT2D eigenvalue weighted by Gasteiger charge is 2.13. The summed E-state index contributed by atoms with van der Waals surface area (Å²) in [4.78, 5) is 12.0. The predicted molar refractivity (Wildman–Crippen MR) is 95.5 cm³/mol. The van der Waals surface area contributed by atoms with Crippen molar-refractivity contribution in [1.29, 1.82) is 0 Å². The molecule has 2 aromatic carbocycles. The molecule has 128 valence electrons. The highest BCUT2D eigenvalue weighted by Crippen LogP contribution is 2.13. The van der Waals surface area contributed by atoms with Gasteiger partial charge in [-0.3, -0.25) is 4.79 Å². The number of para-hydroxylation sites is 1. The van der Waals surface area contributed by atoms with Crippen molar-refractivity contribution in [2.45, 2.75) is 32.8 Å². The van der Waals surface area contributed by atoms with Crippen LogP contribution in [0.4, 0.5) is 0 Å². The molecule has 1 amide bonds. The molecule has 0 bridgehead atoms. The molecule has 4 heteroatoms. The van der Waals surface area contributed by atoms with Crippen LogP contribution in [0.5, 0.6) is 11.5 Å². The van der Waals surface area contributed by atoms with Crippen LogP contribution in [0, 0.1) is 0 Å². The average Bonchev–Trinajstić information content (AvgIpc) is 2.61. The van der Waals surface area contributed by atoms with Crippen molar-refractivity contribution in [3.8, 4) is 11.5 Å². The van der Waals surface area contributed by atoms with Crippen LogP contribution in [0.3, 0.4) is 0 Å². The van der Waals surface area contributed by atoms with Crippen LogP contribution in [0.15, 0.2) is 54.6 Å². The van der Waals surface area contributed by atoms with E-state index in [0.29, 0.717) is 18.9 Å². The number of aryl methyl sites for hydroxylation is 1. The van der Waals surface area contributed by atoms with E-state index in [2.05, 4.69) is 17.4 Å². The van der Waals surface area contributed by atoms with Gasteiger partial charge in [-0.05, 0) is 56.5 Å². The first-order valence-corrected chi connectivity index (χ1v) is 8.40. The van der Waals surface area contributed by atoms with Crippen LogP contribution in [0.25, 0.3) is 0 Å². The average molecular weight is 327 g/mol. The summed E-state index contributed by atoms with van der Waals surface area (Å²) in [6.45, 7) is 5.04. The number of nitrogens with one attached hydrogen (secondary N) is 1. The monoisotopic (exact) mass is 327 g/mol. The second-order valence-corrected chi connectivity index (χ2v) is 5.54. The normalized spacial score (nSPS) is 11.6. The fraction of sp³-hybridized carbons (Fsp3) is 0.350. The SMILES string of the molecule is CCOc1ccc(CCCNC(=O)C(C)Oc2ccccc2)cc1. The lowest BCUT2D eigenvalue weighted by molar-refractivity contribution is -0.127. The van der Waals surface area contributed by atoms with Crippen LogP contribution in [-0.2, 0) is 11.2 Å². The molecule has 2 rings (SSSR count). The van der Waals surface area contributed by atoms with Crippen LogP contribution in [0.2, 0.25) is 0 Å². The standard InChI is InChI=1S/C20H25NO3/c1-3-23-18-13-11-17(12-14-18)8-7-15-21-20(22)16(2)24-19-9-5-4-6-10-19/h4-6,9-14,16H,3,7-8,15H2,1-2H3,(H,21,22). The van der Waals surface area contributed by atoms with Gasteiger partial charge >= 0.3 is 0 Å². The Morgan fingerprint density at radius 1 is 1.04 bits per heavy atom. The van der Waals surface area contributed by atoms with E-state index in [1.165, 1.54) is 5.56 Å². The molecule has 1 N–H and O–H groups in total. The lowest BCUT2D eigenvalue weighted by atomic mass is 10.1. The summed E-state index contributed by atoms with van der Waals surface area (Å²) in [5, 5.41) is 2.92. The molecule has 0 radical (unpaired) electrons. The Balaban J connectivity index is 1.66. The molecule has 0 spiro atoms. The zero-order valence-corrected chi connectivity index (χ0v) is 14.3. The van der Waals surface area contributed by atoms with E-state index < -0.39 is 6.10 Å². The molecule has 1 atom stereocenters. The molecule has 0 aliphatic rings. The minimum atomic E-state index is -0.502. The predicted octanol–water partition coefficient (Wildman–Crippen LogP) is 3.60. The van der Waals surface area contributed by atoms with Gasteiger partial charge in [0.25, 0.3) is 5.91 Å². The fourth-order valence-electron chi connectivity index (χ4n) is 2.32. The largest absolute Gasteiger partial charge is 0.494 e. The zero-order chi connectivity index (χ0) is 17.2. The molecule has 0 aliphatic carbocycles. The Morgan fingerprint density at radius 3 is 2.42 bits per heavy atom. The summed E-state index contributed by atoms with van der Waals surface area (Å²) >= 11 is 0. The van der Waals surface area contributed by atoms with Gasteiger partial charge < -0.3 is 14.8 Å². The lowest BCUT2D eigenvalue weighted by Gasteiger charge is -2.14. The first kappa shape index (κ1) is 17.9. The van der Waals surface area contributed by atoms with Crippen LogP contribution in [-0.4, -0.2) is 25.2 Å². The molecule has 4 nitrogen and oxygen atoms in total. The quantitative estimate of drug-likeness (QED) is 0.716. The lowest BCUT2D eigenvalue weighted by Crippen LogP contribution is -2.36. The Kier molecular flexibility index (Phi) is 7.15. The van der Waals surface area contributed by atoms with Gasteiger partial charge in [-0.1, -0.05) is 30.3 Å². The molecule has 2 aromatic rings. The highest BCUT2D eigenvalue weighted by molar-refractivity contribution is 5.80. The van der Waals surface area contributed by atoms with E-state index in [9.17, 15) is 4.79 Å². The van der Waals surface area contributed by atoms with Gasteiger partial charge in [-0.15, -0.1) is 0 Å². The van der Waals surface area contributed by atoms with Crippen LogP contribution < -0.4 is 14.8 Å². The second-order valence-electron chi connectivity index (χ2n) is 5.54. The van der Waals surface area contributed by atoms with E-state index in [1.807, 2.05) is 49.4 Å². The maximum absolute atomic E-state index is 12.0. The first-order valence-electron chi connectivity index (χ1n) is 8.40. The van der Waals surface area contributed by atoms with Crippen molar-refractivity contribution in [3.05, 3.63) is 60.2 Å². The van der Waals surface area contributed by atoms with Gasteiger partial charge in [0.1, 0.15) is 11.5 Å². The van der Waals surface area contributed by atoms with Gasteiger partial charge in [0.05, 0.1) is 6.61 Å². The van der Waals surface area contributed by atoms with Gasteiger partial charge in [0, 0.05) is 6.54 Å². The number of hydrogen-bond donors (Lipinski definition) is 1. The summed E-state index contributed by atoms with van der Waals surface area (Å²) < 4.78 is 11.0. The van der Waals surface area contributed by atoms with Gasteiger partial charge in [-0.25, -0.2) is 0 Å². The maximum atomic E-state index is 12.0. The van der Waals surface area contributed by atoms with E-state index in [0.717, 1.165) is 18.6 Å². The Labute approximate surface area is 143 Å². The smallest absolute Gasteiger partial charge is 0.260 e. The maximum Gasteiger partial charge on any atom is 0.260 e. The molecule has 0 saturated carbocycles. The molecule has 0 heterocycles. The highest BCUT2D eigenvalue weighted by atomic mass is 16.5. The number of ether oxygens (including phenoxy) is 2. The first-order chi connectivity index (χ1) is 11.7. The summed E-state index contributed by atoms with van der Waals surface area (Å²) in [5.41, 5.74) is 1.24. The zero-order valence-electron chi connectivity index (χ0n) is 14.3. The molecule has 0 saturated heterocycles. The molecule has 0 aromatic heterocycles. The van der Waals surface area contributed by atoms with E-state index in [-0.39, 0.29) is 5.91 Å². The minimum absolute atomic E-state index is 0.0921. The summed E-state index contributed by atoms with van der Waals surface area (Å²) in [6.07, 6.45) is 1.30. The summed E-state index contributed by atoms with van der Waals surface area (Å²) in [7, 11) is 0. The fourth-order valence-corrected chi connectivity index (χ4v) is 2.32. The molecule has 0 fully saturated rings. The molecular formula is C20H25NO3. The topological polar surface area (TPSA) is 47.6 Å². The Bertz CT molecular complexity index is 611. The van der Waals surface area contributed by atoms with Crippen molar-refractivity contribution < 1.29 is 14.3 Å². The van der Waals surface area contributed by atoms with Crippen LogP contribution >= 0.6 is 0 Å².